The number of hydrogen-bond donors (Lipinski definition) is 1. The number of aliphatic hydroxyl groups is 1. The Balaban J connectivity index is 0.00000120. The molecular weight excluding hydrogens is 246 g/mol. The van der Waals surface area contributed by atoms with Crippen molar-refractivity contribution < 1.29 is 5.11 Å². The SMILES string of the molecule is Cl.OC(c1ccc2c(c1)CCC2)c1ccccn1. The van der Waals surface area contributed by atoms with Crippen LogP contribution < -0.4 is 0 Å². The summed E-state index contributed by atoms with van der Waals surface area (Å²) < 4.78 is 0. The maximum Gasteiger partial charge on any atom is 0.121 e. The molecule has 0 bridgehead atoms. The zero-order valence-electron chi connectivity index (χ0n) is 10.0. The number of aryl methyl sites for hydroxylation is 2. The Bertz CT molecular complexity index is 527. The number of halogens is 1. The molecule has 1 heterocycles. The smallest absolute Gasteiger partial charge is 0.121 e. The van der Waals surface area contributed by atoms with E-state index >= 15 is 0 Å². The molecule has 1 atom stereocenters. The molecule has 0 amide bonds. The molecule has 0 radical (unpaired) electrons. The maximum atomic E-state index is 10.3. The Morgan fingerprint density at radius 2 is 1.89 bits per heavy atom. The minimum Gasteiger partial charge on any atom is -0.382 e. The number of pyridine rings is 1. The molecule has 0 fully saturated rings. The maximum absolute atomic E-state index is 10.3. The van der Waals surface area contributed by atoms with Crippen molar-refractivity contribution in [1.29, 1.82) is 0 Å². The number of aliphatic hydroxyl groups excluding tert-OH is 1. The Morgan fingerprint density at radius 3 is 2.67 bits per heavy atom. The van der Waals surface area contributed by atoms with Gasteiger partial charge >= 0.3 is 0 Å². The van der Waals surface area contributed by atoms with Crippen LogP contribution >= 0.6 is 12.4 Å². The van der Waals surface area contributed by atoms with Gasteiger partial charge in [-0.15, -0.1) is 12.4 Å². The molecule has 3 rings (SSSR count). The van der Waals surface area contributed by atoms with E-state index in [1.54, 1.807) is 6.20 Å². The van der Waals surface area contributed by atoms with E-state index in [0.29, 0.717) is 5.69 Å². The van der Waals surface area contributed by atoms with Crippen molar-refractivity contribution in [2.45, 2.75) is 25.4 Å². The summed E-state index contributed by atoms with van der Waals surface area (Å²) in [6.45, 7) is 0. The lowest BCUT2D eigenvalue weighted by Crippen LogP contribution is -2.02. The largest absolute Gasteiger partial charge is 0.382 e. The third-order valence-corrected chi connectivity index (χ3v) is 3.41. The van der Waals surface area contributed by atoms with Gasteiger partial charge in [0.1, 0.15) is 6.10 Å². The molecule has 0 saturated carbocycles. The lowest BCUT2D eigenvalue weighted by Gasteiger charge is -2.11. The number of benzene rings is 1. The van der Waals surface area contributed by atoms with E-state index in [4.69, 9.17) is 0 Å². The Kier molecular flexibility index (Phi) is 4.00. The molecule has 1 aliphatic carbocycles. The second-order valence-corrected chi connectivity index (χ2v) is 4.54. The Morgan fingerprint density at radius 1 is 1.06 bits per heavy atom. The fourth-order valence-electron chi connectivity index (χ4n) is 2.47. The van der Waals surface area contributed by atoms with Gasteiger partial charge in [0.05, 0.1) is 5.69 Å². The fourth-order valence-corrected chi connectivity index (χ4v) is 2.47. The first-order chi connectivity index (χ1) is 8.34. The normalized spacial score (nSPS) is 14.7. The number of rotatable bonds is 2. The molecule has 1 N–H and O–H groups in total. The number of aromatic nitrogens is 1. The van der Waals surface area contributed by atoms with Crippen LogP contribution in [0.3, 0.4) is 0 Å². The first-order valence-electron chi connectivity index (χ1n) is 6.05. The molecule has 1 unspecified atom stereocenters. The molecule has 0 saturated heterocycles. The molecule has 94 valence electrons. The van der Waals surface area contributed by atoms with E-state index in [-0.39, 0.29) is 12.4 Å². The Labute approximate surface area is 113 Å². The lowest BCUT2D eigenvalue weighted by atomic mass is 10.0. The highest BCUT2D eigenvalue weighted by atomic mass is 35.5. The standard InChI is InChI=1S/C15H15NO.ClH/c17-15(14-6-1-2-9-16-14)13-8-7-11-4-3-5-12(11)10-13;/h1-2,6-10,15,17H,3-5H2;1H. The fraction of sp³-hybridized carbons (Fsp3) is 0.267. The van der Waals surface area contributed by atoms with E-state index in [9.17, 15) is 5.11 Å². The predicted octanol–water partition coefficient (Wildman–Crippen LogP) is 3.07. The second kappa shape index (κ2) is 5.51. The zero-order chi connectivity index (χ0) is 11.7. The molecule has 2 aromatic rings. The quantitative estimate of drug-likeness (QED) is 0.901. The van der Waals surface area contributed by atoms with Gasteiger partial charge in [0, 0.05) is 6.20 Å². The highest BCUT2D eigenvalue weighted by Gasteiger charge is 2.16. The average molecular weight is 262 g/mol. The lowest BCUT2D eigenvalue weighted by molar-refractivity contribution is 0.215. The molecule has 1 aromatic carbocycles. The van der Waals surface area contributed by atoms with E-state index in [2.05, 4.69) is 17.1 Å². The van der Waals surface area contributed by atoms with Crippen LogP contribution in [0.1, 0.15) is 34.9 Å². The van der Waals surface area contributed by atoms with Crippen LogP contribution in [0.15, 0.2) is 42.6 Å². The van der Waals surface area contributed by atoms with Crippen LogP contribution in [-0.4, -0.2) is 10.1 Å². The molecule has 18 heavy (non-hydrogen) atoms. The number of nitrogens with zero attached hydrogens (tertiary/aromatic N) is 1. The van der Waals surface area contributed by atoms with Crippen LogP contribution in [0, 0.1) is 0 Å². The number of hydrogen-bond acceptors (Lipinski definition) is 2. The summed E-state index contributed by atoms with van der Waals surface area (Å²) in [4.78, 5) is 4.20. The molecular formula is C15H16ClNO. The third kappa shape index (κ3) is 2.40. The van der Waals surface area contributed by atoms with Gasteiger partial charge in [0.25, 0.3) is 0 Å². The molecule has 2 nitrogen and oxygen atoms in total. The van der Waals surface area contributed by atoms with Crippen LogP contribution in [-0.2, 0) is 12.8 Å². The predicted molar refractivity (Wildman–Crippen MR) is 74.0 cm³/mol. The van der Waals surface area contributed by atoms with Crippen molar-refractivity contribution in [3.8, 4) is 0 Å². The van der Waals surface area contributed by atoms with Gasteiger partial charge in [0.15, 0.2) is 0 Å². The first kappa shape index (κ1) is 13.1. The van der Waals surface area contributed by atoms with Gasteiger partial charge in [-0.25, -0.2) is 0 Å². The minimum absolute atomic E-state index is 0. The summed E-state index contributed by atoms with van der Waals surface area (Å²) in [5.74, 6) is 0. The van der Waals surface area contributed by atoms with E-state index in [1.807, 2.05) is 24.3 Å². The summed E-state index contributed by atoms with van der Waals surface area (Å²) in [5, 5.41) is 10.3. The van der Waals surface area contributed by atoms with Crippen LogP contribution in [0.2, 0.25) is 0 Å². The highest BCUT2D eigenvalue weighted by molar-refractivity contribution is 5.85. The molecule has 0 spiro atoms. The topological polar surface area (TPSA) is 33.1 Å². The summed E-state index contributed by atoms with van der Waals surface area (Å²) in [6, 6.07) is 11.9. The minimum atomic E-state index is -0.609. The van der Waals surface area contributed by atoms with Gasteiger partial charge in [-0.05, 0) is 48.1 Å². The van der Waals surface area contributed by atoms with Crippen LogP contribution in [0.4, 0.5) is 0 Å². The van der Waals surface area contributed by atoms with Crippen molar-refractivity contribution >= 4 is 12.4 Å². The second-order valence-electron chi connectivity index (χ2n) is 4.54. The van der Waals surface area contributed by atoms with Gasteiger partial charge in [-0.3, -0.25) is 4.98 Å². The molecule has 0 aliphatic heterocycles. The van der Waals surface area contributed by atoms with Crippen LogP contribution in [0.5, 0.6) is 0 Å². The van der Waals surface area contributed by atoms with Gasteiger partial charge in [-0.1, -0.05) is 24.3 Å². The van der Waals surface area contributed by atoms with Gasteiger partial charge < -0.3 is 5.11 Å². The monoisotopic (exact) mass is 261 g/mol. The van der Waals surface area contributed by atoms with E-state index in [0.717, 1.165) is 12.0 Å². The van der Waals surface area contributed by atoms with Crippen molar-refractivity contribution in [3.63, 3.8) is 0 Å². The van der Waals surface area contributed by atoms with Crippen LogP contribution in [0.25, 0.3) is 0 Å². The third-order valence-electron chi connectivity index (χ3n) is 3.41. The number of fused-ring (bicyclic) bond motifs is 1. The zero-order valence-corrected chi connectivity index (χ0v) is 10.9. The van der Waals surface area contributed by atoms with Gasteiger partial charge in [0.2, 0.25) is 0 Å². The summed E-state index contributed by atoms with van der Waals surface area (Å²) in [7, 11) is 0. The average Bonchev–Trinajstić information content (AvgIpc) is 2.86. The Hall–Kier alpha value is -1.38. The molecule has 1 aromatic heterocycles. The van der Waals surface area contributed by atoms with E-state index in [1.165, 1.54) is 24.0 Å². The highest BCUT2D eigenvalue weighted by Crippen LogP contribution is 2.27. The van der Waals surface area contributed by atoms with Gasteiger partial charge in [-0.2, -0.15) is 0 Å². The first-order valence-corrected chi connectivity index (χ1v) is 6.05. The van der Waals surface area contributed by atoms with Crippen molar-refractivity contribution in [2.24, 2.45) is 0 Å². The summed E-state index contributed by atoms with van der Waals surface area (Å²) in [5.41, 5.74) is 4.48. The summed E-state index contributed by atoms with van der Waals surface area (Å²) in [6.07, 6.45) is 4.65. The van der Waals surface area contributed by atoms with Crippen molar-refractivity contribution in [1.82, 2.24) is 4.98 Å². The molecule has 3 heteroatoms. The summed E-state index contributed by atoms with van der Waals surface area (Å²) >= 11 is 0. The van der Waals surface area contributed by atoms with Crippen molar-refractivity contribution in [2.75, 3.05) is 0 Å². The molecule has 1 aliphatic rings. The van der Waals surface area contributed by atoms with E-state index < -0.39 is 6.10 Å². The van der Waals surface area contributed by atoms with Crippen molar-refractivity contribution in [3.05, 3.63) is 65.0 Å².